The van der Waals surface area contributed by atoms with Crippen molar-refractivity contribution in [2.45, 2.75) is 108 Å². The molecular formula is C60H63N5O9S2. The third-order valence-electron chi connectivity index (χ3n) is 12.0. The van der Waals surface area contributed by atoms with Gasteiger partial charge in [0.15, 0.2) is 6.61 Å². The van der Waals surface area contributed by atoms with E-state index in [0.29, 0.717) is 47.2 Å². The number of amides is 4. The third-order valence-corrected chi connectivity index (χ3v) is 14.1. The van der Waals surface area contributed by atoms with Gasteiger partial charge in [0.05, 0.1) is 33.2 Å². The Morgan fingerprint density at radius 1 is 0.789 bits per heavy atom. The average Bonchev–Trinajstić information content (AvgIpc) is 3.90. The summed E-state index contributed by atoms with van der Waals surface area (Å²) < 4.78 is 25.8. The lowest BCUT2D eigenvalue weighted by Crippen LogP contribution is -2.34. The minimum Gasteiger partial charge on any atom is -0.484 e. The molecule has 1 aromatic heterocycles. The van der Waals surface area contributed by atoms with Crippen LogP contribution >= 0.6 is 23.5 Å². The van der Waals surface area contributed by atoms with Gasteiger partial charge in [0.25, 0.3) is 11.1 Å². The lowest BCUT2D eigenvalue weighted by atomic mass is 9.98. The average molecular weight is 1060 g/mol. The molecular weight excluding hydrogens is 999 g/mol. The van der Waals surface area contributed by atoms with Crippen LogP contribution in [0.3, 0.4) is 0 Å². The molecule has 0 spiro atoms. The first-order valence-electron chi connectivity index (χ1n) is 25.1. The van der Waals surface area contributed by atoms with E-state index in [1.807, 2.05) is 69.3 Å². The molecule has 1 fully saturated rings. The van der Waals surface area contributed by atoms with Crippen LogP contribution in [-0.4, -0.2) is 68.8 Å². The van der Waals surface area contributed by atoms with Gasteiger partial charge in [-0.3, -0.25) is 24.6 Å². The summed E-state index contributed by atoms with van der Waals surface area (Å²) in [5.74, 6) is 2.10. The third kappa shape index (κ3) is 14.2. The Balaban J connectivity index is 0.922. The molecule has 16 heteroatoms. The summed E-state index contributed by atoms with van der Waals surface area (Å²) in [4.78, 5) is 70.8. The minimum atomic E-state index is -0.769. The zero-order valence-electron chi connectivity index (χ0n) is 44.3. The number of aryl methyl sites for hydroxylation is 2. The van der Waals surface area contributed by atoms with Crippen molar-refractivity contribution in [3.8, 4) is 28.4 Å². The lowest BCUT2D eigenvalue weighted by Gasteiger charge is -2.26. The molecule has 2 N–H and O–H groups in total. The van der Waals surface area contributed by atoms with Crippen molar-refractivity contribution >= 4 is 75.0 Å². The van der Waals surface area contributed by atoms with Crippen molar-refractivity contribution in [1.82, 2.24) is 14.9 Å². The Kier molecular flexibility index (Phi) is 16.9. The van der Waals surface area contributed by atoms with E-state index in [9.17, 15) is 24.0 Å². The summed E-state index contributed by atoms with van der Waals surface area (Å²) in [7, 11) is 1.56. The fourth-order valence-electron chi connectivity index (χ4n) is 8.50. The first-order valence-corrected chi connectivity index (χ1v) is 27.0. The number of rotatable bonds is 18. The van der Waals surface area contributed by atoms with E-state index in [-0.39, 0.29) is 23.7 Å². The van der Waals surface area contributed by atoms with Crippen molar-refractivity contribution in [3.05, 3.63) is 161 Å². The molecule has 14 nitrogen and oxygen atoms in total. The minimum absolute atomic E-state index is 0.310. The highest BCUT2D eigenvalue weighted by Crippen LogP contribution is 2.36. The van der Waals surface area contributed by atoms with Crippen molar-refractivity contribution in [2.24, 2.45) is 0 Å². The quantitative estimate of drug-likeness (QED) is 0.0617. The number of ether oxygens (including phenoxy) is 4. The van der Waals surface area contributed by atoms with E-state index in [0.717, 1.165) is 79.9 Å². The Morgan fingerprint density at radius 3 is 2.13 bits per heavy atom. The Morgan fingerprint density at radius 2 is 1.46 bits per heavy atom. The van der Waals surface area contributed by atoms with Crippen molar-refractivity contribution in [3.63, 3.8) is 0 Å². The van der Waals surface area contributed by atoms with Gasteiger partial charge in [-0.25, -0.2) is 14.6 Å². The first-order chi connectivity index (χ1) is 36.2. The highest BCUT2D eigenvalue weighted by atomic mass is 32.2. The van der Waals surface area contributed by atoms with E-state index in [2.05, 4.69) is 65.4 Å². The number of thioether (sulfide) groups is 2. The second-order valence-electron chi connectivity index (χ2n) is 20.5. The summed E-state index contributed by atoms with van der Waals surface area (Å²) in [5.41, 5.74) is 7.98. The number of fused-ring (bicyclic) bond motifs is 1. The molecule has 1 unspecified atom stereocenters. The van der Waals surface area contributed by atoms with E-state index < -0.39 is 28.5 Å². The molecule has 0 bridgehead atoms. The fraction of sp³-hybridized carbons (Fsp3) is 0.300. The van der Waals surface area contributed by atoms with Crippen LogP contribution in [0.5, 0.6) is 17.2 Å². The van der Waals surface area contributed by atoms with Crippen LogP contribution in [-0.2, 0) is 44.2 Å². The number of esters is 1. The zero-order valence-corrected chi connectivity index (χ0v) is 45.9. The van der Waals surface area contributed by atoms with E-state index in [1.165, 1.54) is 10.5 Å². The molecule has 8 rings (SSSR count). The summed E-state index contributed by atoms with van der Waals surface area (Å²) in [6, 6.07) is 40.2. The van der Waals surface area contributed by atoms with Crippen molar-refractivity contribution in [2.75, 3.05) is 23.9 Å². The van der Waals surface area contributed by atoms with Gasteiger partial charge >= 0.3 is 12.1 Å². The second kappa shape index (κ2) is 23.5. The van der Waals surface area contributed by atoms with Crippen LogP contribution < -0.4 is 25.0 Å². The number of benzene rings is 6. The Bertz CT molecular complexity index is 3270. The van der Waals surface area contributed by atoms with Crippen molar-refractivity contribution in [1.29, 1.82) is 0 Å². The molecule has 0 aliphatic carbocycles. The molecule has 2 heterocycles. The standard InChI is InChI=1S/C60H63N5O9S2/c1-10-13-52-62-54-37(2)30-40(31-50(54)65(52)34-39-16-20-41(21-17-39)46-14-11-12-15-47(46)56(68)73-59(3,4)5)36-75-45-27-24-43(25-28-45)72-44-26-29-48(49(33-44)64(9)58(70)74-60(6,7)8)61-53(66)35-71-42-22-18-38(19-23-42)32-51-55(67)63-57(69)76-51/h11-12,14-31,33,51H,10,13,32,34-36H2,1-9H3,(H,61,66)(H,63,67,69). The fourth-order valence-corrected chi connectivity index (χ4v) is 10.2. The zero-order chi connectivity index (χ0) is 54.3. The SMILES string of the molecule is CCCc1nc2c(C)cc(CSc3ccc(Oc4ccc(NC(=O)COc5ccc(CC6SC(=O)NC6=O)cc5)c(N(C)C(=O)OC(C)(C)C)c4)cc3)cc2n1Cc1ccc(-c2ccccc2C(=O)OC(C)(C)C)cc1. The molecule has 1 aliphatic rings. The van der Waals surface area contributed by atoms with Gasteiger partial charge in [0, 0.05) is 36.7 Å². The van der Waals surface area contributed by atoms with E-state index in [1.54, 1.807) is 82.0 Å². The number of carbonyl (C=O) groups excluding carboxylic acids is 5. The van der Waals surface area contributed by atoms with Gasteiger partial charge in [0.1, 0.15) is 34.3 Å². The van der Waals surface area contributed by atoms with E-state index >= 15 is 0 Å². The molecule has 76 heavy (non-hydrogen) atoms. The van der Waals surface area contributed by atoms with Gasteiger partial charge in [-0.1, -0.05) is 79.3 Å². The highest BCUT2D eigenvalue weighted by Gasteiger charge is 2.31. The predicted octanol–water partition coefficient (Wildman–Crippen LogP) is 13.3. The number of carbonyl (C=O) groups is 5. The number of hydrogen-bond acceptors (Lipinski definition) is 12. The summed E-state index contributed by atoms with van der Waals surface area (Å²) >= 11 is 2.68. The first kappa shape index (κ1) is 54.7. The van der Waals surface area contributed by atoms with Crippen LogP contribution in [0.15, 0.2) is 132 Å². The Hall–Kier alpha value is -7.56. The number of imidazole rings is 1. The molecule has 394 valence electrons. The molecule has 0 saturated carbocycles. The molecule has 4 amide bonds. The van der Waals surface area contributed by atoms with Gasteiger partial charge in [-0.05, 0) is 155 Å². The maximum Gasteiger partial charge on any atom is 0.414 e. The number of anilines is 2. The van der Waals surface area contributed by atoms with Crippen LogP contribution in [0.4, 0.5) is 21.0 Å². The van der Waals surface area contributed by atoms with Gasteiger partial charge in [-0.2, -0.15) is 0 Å². The monoisotopic (exact) mass is 1060 g/mol. The summed E-state index contributed by atoms with van der Waals surface area (Å²) in [5, 5.41) is 4.31. The molecule has 1 atom stereocenters. The molecule has 6 aromatic carbocycles. The highest BCUT2D eigenvalue weighted by molar-refractivity contribution is 8.15. The normalized spacial score (nSPS) is 13.6. The second-order valence-corrected chi connectivity index (χ2v) is 22.8. The maximum atomic E-state index is 13.3. The van der Waals surface area contributed by atoms with Gasteiger partial charge in [0.2, 0.25) is 5.91 Å². The number of hydrogen-bond donors (Lipinski definition) is 2. The topological polar surface area (TPSA) is 167 Å². The lowest BCUT2D eigenvalue weighted by molar-refractivity contribution is -0.119. The van der Waals surface area contributed by atoms with Crippen LogP contribution in [0.2, 0.25) is 0 Å². The predicted molar refractivity (Wildman–Crippen MR) is 301 cm³/mol. The largest absolute Gasteiger partial charge is 0.484 e. The Labute approximate surface area is 452 Å². The number of imide groups is 1. The van der Waals surface area contributed by atoms with Crippen molar-refractivity contribution < 1.29 is 42.9 Å². The molecule has 0 radical (unpaired) electrons. The van der Waals surface area contributed by atoms with E-state index in [4.69, 9.17) is 23.9 Å². The summed E-state index contributed by atoms with van der Waals surface area (Å²) in [6.07, 6.45) is 1.57. The van der Waals surface area contributed by atoms with Gasteiger partial charge in [-0.15, -0.1) is 11.8 Å². The van der Waals surface area contributed by atoms with Gasteiger partial charge < -0.3 is 28.8 Å². The van der Waals surface area contributed by atoms with Crippen LogP contribution in [0, 0.1) is 6.92 Å². The van der Waals surface area contributed by atoms with Crippen LogP contribution in [0.1, 0.15) is 93.3 Å². The molecule has 7 aromatic rings. The summed E-state index contributed by atoms with van der Waals surface area (Å²) in [6.45, 7) is 15.6. The number of aromatic nitrogens is 2. The number of nitrogens with zero attached hydrogens (tertiary/aromatic N) is 3. The maximum absolute atomic E-state index is 13.3. The van der Waals surface area contributed by atoms with Crippen LogP contribution in [0.25, 0.3) is 22.2 Å². The smallest absolute Gasteiger partial charge is 0.414 e. The molecule has 1 saturated heterocycles. The molecule has 1 aliphatic heterocycles. The number of nitrogens with one attached hydrogen (secondary N) is 2.